The van der Waals surface area contributed by atoms with Crippen LogP contribution in [0.1, 0.15) is 36.2 Å². The van der Waals surface area contributed by atoms with Crippen molar-refractivity contribution in [1.82, 2.24) is 5.32 Å². The molecule has 0 heterocycles. The molecule has 1 fully saturated rings. The van der Waals surface area contributed by atoms with Crippen molar-refractivity contribution in [2.24, 2.45) is 5.92 Å². The summed E-state index contributed by atoms with van der Waals surface area (Å²) >= 11 is 0. The van der Waals surface area contributed by atoms with Gasteiger partial charge in [0.15, 0.2) is 0 Å². The SMILES string of the molecule is CCNc1ccc(C(=O)NC2CC2C)c(C)c1. The highest BCUT2D eigenvalue weighted by Crippen LogP contribution is 2.29. The van der Waals surface area contributed by atoms with Gasteiger partial charge in [0, 0.05) is 23.8 Å². The van der Waals surface area contributed by atoms with Crippen LogP contribution in [0.5, 0.6) is 0 Å². The monoisotopic (exact) mass is 232 g/mol. The summed E-state index contributed by atoms with van der Waals surface area (Å²) in [6.07, 6.45) is 1.11. The van der Waals surface area contributed by atoms with E-state index in [1.807, 2.05) is 25.1 Å². The number of carbonyl (C=O) groups is 1. The number of hydrogen-bond acceptors (Lipinski definition) is 2. The van der Waals surface area contributed by atoms with E-state index in [4.69, 9.17) is 0 Å². The molecule has 0 bridgehead atoms. The van der Waals surface area contributed by atoms with Gasteiger partial charge in [-0.2, -0.15) is 0 Å². The fraction of sp³-hybridized carbons (Fsp3) is 0.500. The number of nitrogens with one attached hydrogen (secondary N) is 2. The highest BCUT2D eigenvalue weighted by molar-refractivity contribution is 5.96. The van der Waals surface area contributed by atoms with Crippen LogP contribution in [-0.2, 0) is 0 Å². The minimum atomic E-state index is 0.0555. The molecule has 0 radical (unpaired) electrons. The van der Waals surface area contributed by atoms with Crippen molar-refractivity contribution < 1.29 is 4.79 Å². The molecule has 0 spiro atoms. The quantitative estimate of drug-likeness (QED) is 0.837. The van der Waals surface area contributed by atoms with Crippen molar-refractivity contribution in [2.75, 3.05) is 11.9 Å². The molecule has 1 saturated carbocycles. The highest BCUT2D eigenvalue weighted by atomic mass is 16.1. The number of anilines is 1. The fourth-order valence-corrected chi connectivity index (χ4v) is 2.00. The van der Waals surface area contributed by atoms with Gasteiger partial charge >= 0.3 is 0 Å². The van der Waals surface area contributed by atoms with E-state index >= 15 is 0 Å². The van der Waals surface area contributed by atoms with Gasteiger partial charge in [-0.15, -0.1) is 0 Å². The molecule has 3 nitrogen and oxygen atoms in total. The maximum Gasteiger partial charge on any atom is 0.251 e. The summed E-state index contributed by atoms with van der Waals surface area (Å²) in [7, 11) is 0. The van der Waals surface area contributed by atoms with Crippen molar-refractivity contribution in [2.45, 2.75) is 33.2 Å². The Bertz CT molecular complexity index is 428. The molecular weight excluding hydrogens is 212 g/mol. The lowest BCUT2D eigenvalue weighted by Gasteiger charge is -2.09. The Hall–Kier alpha value is -1.51. The van der Waals surface area contributed by atoms with Gasteiger partial charge in [0.1, 0.15) is 0 Å². The van der Waals surface area contributed by atoms with Crippen molar-refractivity contribution in [3.8, 4) is 0 Å². The van der Waals surface area contributed by atoms with Crippen LogP contribution in [0.2, 0.25) is 0 Å². The van der Waals surface area contributed by atoms with Gasteiger partial charge in [0.25, 0.3) is 5.91 Å². The van der Waals surface area contributed by atoms with E-state index in [0.717, 1.165) is 29.8 Å². The molecule has 17 heavy (non-hydrogen) atoms. The summed E-state index contributed by atoms with van der Waals surface area (Å²) < 4.78 is 0. The van der Waals surface area contributed by atoms with Gasteiger partial charge in [-0.3, -0.25) is 4.79 Å². The molecule has 1 aromatic carbocycles. The Balaban J connectivity index is 2.07. The molecule has 1 aliphatic carbocycles. The highest BCUT2D eigenvalue weighted by Gasteiger charge is 2.34. The van der Waals surface area contributed by atoms with Crippen LogP contribution >= 0.6 is 0 Å². The lowest BCUT2D eigenvalue weighted by molar-refractivity contribution is 0.0949. The molecule has 1 amide bonds. The predicted molar refractivity (Wildman–Crippen MR) is 70.4 cm³/mol. The topological polar surface area (TPSA) is 41.1 Å². The Morgan fingerprint density at radius 3 is 2.71 bits per heavy atom. The molecule has 2 atom stereocenters. The van der Waals surface area contributed by atoms with Gasteiger partial charge in [-0.1, -0.05) is 6.92 Å². The number of amides is 1. The zero-order chi connectivity index (χ0) is 12.4. The molecule has 0 aromatic heterocycles. The average molecular weight is 232 g/mol. The second kappa shape index (κ2) is 4.78. The summed E-state index contributed by atoms with van der Waals surface area (Å²) in [6.45, 7) is 7.09. The first-order chi connectivity index (χ1) is 8.11. The summed E-state index contributed by atoms with van der Waals surface area (Å²) in [5, 5.41) is 6.30. The first-order valence-electron chi connectivity index (χ1n) is 6.27. The van der Waals surface area contributed by atoms with E-state index in [1.54, 1.807) is 0 Å². The number of rotatable bonds is 4. The molecule has 2 unspecified atom stereocenters. The lowest BCUT2D eigenvalue weighted by atomic mass is 10.1. The molecule has 92 valence electrons. The standard InChI is InChI=1S/C14H20N2O/c1-4-15-11-5-6-12(9(2)7-11)14(17)16-13-8-10(13)3/h5-7,10,13,15H,4,8H2,1-3H3,(H,16,17). The summed E-state index contributed by atoms with van der Waals surface area (Å²) in [5.74, 6) is 0.695. The molecule has 1 aromatic rings. The molecule has 2 rings (SSSR count). The second-order valence-electron chi connectivity index (χ2n) is 4.85. The maximum absolute atomic E-state index is 12.0. The molecule has 2 N–H and O–H groups in total. The van der Waals surface area contributed by atoms with Gasteiger partial charge in [-0.25, -0.2) is 0 Å². The van der Waals surface area contributed by atoms with Crippen molar-refractivity contribution in [3.63, 3.8) is 0 Å². The van der Waals surface area contributed by atoms with E-state index in [1.165, 1.54) is 0 Å². The Labute approximate surface area is 103 Å². The van der Waals surface area contributed by atoms with Crippen molar-refractivity contribution in [3.05, 3.63) is 29.3 Å². The van der Waals surface area contributed by atoms with E-state index < -0.39 is 0 Å². The second-order valence-corrected chi connectivity index (χ2v) is 4.85. The smallest absolute Gasteiger partial charge is 0.251 e. The maximum atomic E-state index is 12.0. The predicted octanol–water partition coefficient (Wildman–Crippen LogP) is 2.57. The Morgan fingerprint density at radius 1 is 1.47 bits per heavy atom. The van der Waals surface area contributed by atoms with Crippen LogP contribution in [0.15, 0.2) is 18.2 Å². The van der Waals surface area contributed by atoms with E-state index in [-0.39, 0.29) is 5.91 Å². The third-order valence-electron chi connectivity index (χ3n) is 3.28. The van der Waals surface area contributed by atoms with Crippen LogP contribution in [0.4, 0.5) is 5.69 Å². The zero-order valence-corrected chi connectivity index (χ0v) is 10.7. The molecule has 0 saturated heterocycles. The average Bonchev–Trinajstić information content (AvgIpc) is 2.94. The molecule has 0 aliphatic heterocycles. The van der Waals surface area contributed by atoms with Crippen molar-refractivity contribution >= 4 is 11.6 Å². The third-order valence-corrected chi connectivity index (χ3v) is 3.28. The van der Waals surface area contributed by atoms with Gasteiger partial charge in [0.2, 0.25) is 0 Å². The van der Waals surface area contributed by atoms with Crippen molar-refractivity contribution in [1.29, 1.82) is 0 Å². The first kappa shape index (κ1) is 12.0. The molecular formula is C14H20N2O. The van der Waals surface area contributed by atoms with E-state index in [0.29, 0.717) is 12.0 Å². The summed E-state index contributed by atoms with van der Waals surface area (Å²) in [5.41, 5.74) is 2.88. The van der Waals surface area contributed by atoms with Crippen LogP contribution in [0.25, 0.3) is 0 Å². The third kappa shape index (κ3) is 2.78. The number of hydrogen-bond donors (Lipinski definition) is 2. The van der Waals surface area contributed by atoms with E-state index in [2.05, 4.69) is 24.5 Å². The Kier molecular flexibility index (Phi) is 3.36. The number of aryl methyl sites for hydroxylation is 1. The fourth-order valence-electron chi connectivity index (χ4n) is 2.00. The first-order valence-corrected chi connectivity index (χ1v) is 6.27. The minimum Gasteiger partial charge on any atom is -0.385 e. The number of carbonyl (C=O) groups excluding carboxylic acids is 1. The van der Waals surface area contributed by atoms with Gasteiger partial charge in [-0.05, 0) is 49.9 Å². The summed E-state index contributed by atoms with van der Waals surface area (Å²) in [4.78, 5) is 12.0. The molecule has 3 heteroatoms. The number of benzene rings is 1. The minimum absolute atomic E-state index is 0.0555. The van der Waals surface area contributed by atoms with Crippen LogP contribution in [0.3, 0.4) is 0 Å². The normalized spacial score (nSPS) is 22.1. The largest absolute Gasteiger partial charge is 0.385 e. The van der Waals surface area contributed by atoms with Crippen LogP contribution < -0.4 is 10.6 Å². The summed E-state index contributed by atoms with van der Waals surface area (Å²) in [6, 6.07) is 6.27. The van der Waals surface area contributed by atoms with Gasteiger partial charge < -0.3 is 10.6 Å². The van der Waals surface area contributed by atoms with Gasteiger partial charge in [0.05, 0.1) is 0 Å². The van der Waals surface area contributed by atoms with Crippen LogP contribution in [-0.4, -0.2) is 18.5 Å². The zero-order valence-electron chi connectivity index (χ0n) is 10.7. The molecule has 1 aliphatic rings. The van der Waals surface area contributed by atoms with Crippen LogP contribution in [0, 0.1) is 12.8 Å². The Morgan fingerprint density at radius 2 is 2.18 bits per heavy atom. The van der Waals surface area contributed by atoms with E-state index in [9.17, 15) is 4.79 Å². The lowest BCUT2D eigenvalue weighted by Crippen LogP contribution is -2.27.